The number of phenols is 1. The van der Waals surface area contributed by atoms with E-state index in [2.05, 4.69) is 10.3 Å². The summed E-state index contributed by atoms with van der Waals surface area (Å²) in [6.07, 6.45) is 6.33. The second kappa shape index (κ2) is 15.3. The molecular weight excluding hydrogens is 490 g/mol. The Labute approximate surface area is 222 Å². The van der Waals surface area contributed by atoms with Gasteiger partial charge in [0.05, 0.1) is 18.2 Å². The number of unbranched alkanes of at least 4 members (excludes halogenated alkanes) is 4. The fourth-order valence-corrected chi connectivity index (χ4v) is 4.25. The van der Waals surface area contributed by atoms with Gasteiger partial charge in [0.25, 0.3) is 0 Å². The Balaban J connectivity index is 1.18. The minimum atomic E-state index is -0.685. The predicted octanol–water partition coefficient (Wildman–Crippen LogP) is 2.73. The van der Waals surface area contributed by atoms with Crippen LogP contribution in [0, 0.1) is 0 Å². The zero-order chi connectivity index (χ0) is 27.3. The first-order valence-electron chi connectivity index (χ1n) is 13.2. The van der Waals surface area contributed by atoms with E-state index < -0.39 is 17.8 Å². The van der Waals surface area contributed by atoms with Gasteiger partial charge in [-0.05, 0) is 74.0 Å². The van der Waals surface area contributed by atoms with Crippen molar-refractivity contribution >= 4 is 17.0 Å². The number of aromatic nitrogens is 2. The highest BCUT2D eigenvalue weighted by Crippen LogP contribution is 2.22. The number of aromatic hydroxyl groups is 1. The van der Waals surface area contributed by atoms with E-state index in [9.17, 15) is 24.9 Å². The van der Waals surface area contributed by atoms with Gasteiger partial charge in [-0.1, -0.05) is 25.0 Å². The number of ether oxygens (including phenoxy) is 1. The van der Waals surface area contributed by atoms with Crippen LogP contribution in [0.4, 0.5) is 0 Å². The molecule has 10 nitrogen and oxygen atoms in total. The molecule has 0 bridgehead atoms. The SMILES string of the molecule is CC(=O)On1c(=O)[nH]c2cc(CCCCOCCCCCCNC[C@@H](O)c3ccc(O)c(CO)c3)ccc21. The number of hydrogen-bond donors (Lipinski definition) is 5. The van der Waals surface area contributed by atoms with Crippen LogP contribution in [0.2, 0.25) is 0 Å². The van der Waals surface area contributed by atoms with E-state index in [1.54, 1.807) is 18.2 Å². The summed E-state index contributed by atoms with van der Waals surface area (Å²) in [5.74, 6) is -0.518. The molecule has 0 saturated carbocycles. The highest BCUT2D eigenvalue weighted by atomic mass is 16.7. The van der Waals surface area contributed by atoms with Crippen LogP contribution in [0.15, 0.2) is 41.2 Å². The summed E-state index contributed by atoms with van der Waals surface area (Å²) in [6, 6.07) is 10.4. The molecule has 5 N–H and O–H groups in total. The lowest BCUT2D eigenvalue weighted by atomic mass is 10.1. The molecule has 208 valence electrons. The number of nitrogens with one attached hydrogen (secondary N) is 2. The van der Waals surface area contributed by atoms with E-state index in [4.69, 9.17) is 9.57 Å². The molecule has 0 aliphatic rings. The van der Waals surface area contributed by atoms with Gasteiger partial charge in [-0.3, -0.25) is 0 Å². The number of aliphatic hydroxyl groups is 2. The molecule has 0 unspecified atom stereocenters. The first-order valence-corrected chi connectivity index (χ1v) is 13.2. The van der Waals surface area contributed by atoms with E-state index in [0.717, 1.165) is 75.0 Å². The summed E-state index contributed by atoms with van der Waals surface area (Å²) < 4.78 is 6.73. The minimum absolute atomic E-state index is 0.0316. The number of nitrogens with zero attached hydrogens (tertiary/aromatic N) is 1. The largest absolute Gasteiger partial charge is 0.508 e. The van der Waals surface area contributed by atoms with Crippen molar-refractivity contribution in [2.75, 3.05) is 26.3 Å². The summed E-state index contributed by atoms with van der Waals surface area (Å²) in [4.78, 5) is 30.8. The van der Waals surface area contributed by atoms with Crippen molar-refractivity contribution in [1.29, 1.82) is 0 Å². The van der Waals surface area contributed by atoms with Crippen LogP contribution < -0.4 is 15.8 Å². The first-order chi connectivity index (χ1) is 18.4. The lowest BCUT2D eigenvalue weighted by molar-refractivity contribution is -0.141. The molecule has 3 rings (SSSR count). The number of benzene rings is 2. The van der Waals surface area contributed by atoms with Crippen LogP contribution in [-0.4, -0.2) is 57.3 Å². The van der Waals surface area contributed by atoms with Crippen molar-refractivity contribution in [3.8, 4) is 5.75 Å². The van der Waals surface area contributed by atoms with Crippen LogP contribution in [0.25, 0.3) is 11.0 Å². The Morgan fingerprint density at radius 3 is 2.58 bits per heavy atom. The number of H-pyrrole nitrogens is 1. The molecule has 0 spiro atoms. The molecule has 1 heterocycles. The van der Waals surface area contributed by atoms with Gasteiger partial charge in [0, 0.05) is 32.2 Å². The lowest BCUT2D eigenvalue weighted by Crippen LogP contribution is -2.27. The average Bonchev–Trinajstić information content (AvgIpc) is 3.20. The maximum atomic E-state index is 11.9. The van der Waals surface area contributed by atoms with E-state index in [1.165, 1.54) is 13.0 Å². The Bertz CT molecular complexity index is 1220. The van der Waals surface area contributed by atoms with E-state index >= 15 is 0 Å². The van der Waals surface area contributed by atoms with Crippen molar-refractivity contribution in [2.24, 2.45) is 0 Å². The van der Waals surface area contributed by atoms with E-state index in [1.807, 2.05) is 12.1 Å². The third-order valence-corrected chi connectivity index (χ3v) is 6.32. The smallest absolute Gasteiger partial charge is 0.360 e. The average molecular weight is 530 g/mol. The molecule has 0 aliphatic heterocycles. The Morgan fingerprint density at radius 1 is 1.05 bits per heavy atom. The van der Waals surface area contributed by atoms with Crippen LogP contribution in [0.3, 0.4) is 0 Å². The monoisotopic (exact) mass is 529 g/mol. The van der Waals surface area contributed by atoms with E-state index in [-0.39, 0.29) is 12.4 Å². The van der Waals surface area contributed by atoms with Gasteiger partial charge in [0.15, 0.2) is 0 Å². The number of carbonyl (C=O) groups is 1. The first kappa shape index (κ1) is 29.4. The Morgan fingerprint density at radius 2 is 1.82 bits per heavy atom. The molecular formula is C28H39N3O7. The zero-order valence-corrected chi connectivity index (χ0v) is 21.9. The van der Waals surface area contributed by atoms with Crippen LogP contribution in [0.1, 0.15) is 68.2 Å². The maximum Gasteiger partial charge on any atom is 0.360 e. The molecule has 3 aromatic rings. The summed E-state index contributed by atoms with van der Waals surface area (Å²) in [5, 5.41) is 32.4. The highest BCUT2D eigenvalue weighted by molar-refractivity contribution is 5.77. The van der Waals surface area contributed by atoms with Gasteiger partial charge in [-0.2, -0.15) is 0 Å². The quantitative estimate of drug-likeness (QED) is 0.168. The highest BCUT2D eigenvalue weighted by Gasteiger charge is 2.11. The van der Waals surface area contributed by atoms with Crippen LogP contribution in [-0.2, 0) is 22.6 Å². The molecule has 10 heteroatoms. The van der Waals surface area contributed by atoms with Crippen molar-refractivity contribution in [2.45, 2.75) is 64.6 Å². The number of aliphatic hydroxyl groups excluding tert-OH is 2. The zero-order valence-electron chi connectivity index (χ0n) is 21.9. The fourth-order valence-electron chi connectivity index (χ4n) is 4.25. The van der Waals surface area contributed by atoms with Crippen molar-refractivity contribution in [1.82, 2.24) is 15.0 Å². The Kier molecular flexibility index (Phi) is 11.8. The number of rotatable bonds is 17. The number of fused-ring (bicyclic) bond motifs is 1. The minimum Gasteiger partial charge on any atom is -0.508 e. The molecule has 1 atom stereocenters. The van der Waals surface area contributed by atoms with Gasteiger partial charge in [-0.25, -0.2) is 9.59 Å². The van der Waals surface area contributed by atoms with Gasteiger partial charge < -0.3 is 35.2 Å². The molecule has 2 aromatic carbocycles. The number of aromatic amines is 1. The molecule has 0 amide bonds. The van der Waals surface area contributed by atoms with Crippen molar-refractivity contribution < 1.29 is 29.7 Å². The topological polar surface area (TPSA) is 146 Å². The van der Waals surface area contributed by atoms with Gasteiger partial charge in [0.1, 0.15) is 11.3 Å². The molecule has 38 heavy (non-hydrogen) atoms. The van der Waals surface area contributed by atoms with Gasteiger partial charge in [0.2, 0.25) is 0 Å². The predicted molar refractivity (Wildman–Crippen MR) is 144 cm³/mol. The maximum absolute atomic E-state index is 11.9. The summed E-state index contributed by atoms with van der Waals surface area (Å²) in [5.41, 5.74) is 2.90. The fraction of sp³-hybridized carbons (Fsp3) is 0.500. The normalized spacial score (nSPS) is 12.2. The van der Waals surface area contributed by atoms with Crippen molar-refractivity contribution in [3.63, 3.8) is 0 Å². The lowest BCUT2D eigenvalue weighted by Gasteiger charge is -2.14. The van der Waals surface area contributed by atoms with Crippen LogP contribution in [0.5, 0.6) is 5.75 Å². The molecule has 1 aromatic heterocycles. The van der Waals surface area contributed by atoms with Crippen molar-refractivity contribution in [3.05, 3.63) is 63.6 Å². The van der Waals surface area contributed by atoms with E-state index in [0.29, 0.717) is 28.7 Å². The number of aryl methyl sites for hydroxylation is 1. The second-order valence-electron chi connectivity index (χ2n) is 9.41. The molecule has 0 radical (unpaired) electrons. The summed E-state index contributed by atoms with van der Waals surface area (Å²) >= 11 is 0. The number of carbonyl (C=O) groups excluding carboxylic acids is 1. The molecule has 0 aliphatic carbocycles. The Hall–Kier alpha value is -3.18. The molecule has 0 saturated heterocycles. The number of imidazole rings is 1. The van der Waals surface area contributed by atoms with Gasteiger partial charge >= 0.3 is 11.7 Å². The third-order valence-electron chi connectivity index (χ3n) is 6.32. The van der Waals surface area contributed by atoms with Gasteiger partial charge in [-0.15, -0.1) is 4.73 Å². The molecule has 0 fully saturated rings. The third kappa shape index (κ3) is 8.98. The summed E-state index contributed by atoms with van der Waals surface area (Å²) in [6.45, 7) is 3.70. The second-order valence-corrected chi connectivity index (χ2v) is 9.41. The standard InChI is InChI=1S/C28H39N3O7/c1-20(33)38-31-25-11-9-21(16-24(25)30-28(31)36)8-4-7-15-37-14-6-3-2-5-13-29-18-27(35)22-10-12-26(34)23(17-22)19-32/h9-12,16-17,27,29,32,34-35H,2-8,13-15,18-19H2,1H3,(H,30,36)/t27-/m1/s1. The number of hydrogen-bond acceptors (Lipinski definition) is 8. The van der Waals surface area contributed by atoms with Crippen LogP contribution >= 0.6 is 0 Å². The summed E-state index contributed by atoms with van der Waals surface area (Å²) in [7, 11) is 0.